The monoisotopic (exact) mass is 274 g/mol. The van der Waals surface area contributed by atoms with Crippen LogP contribution in [0.2, 0.25) is 0 Å². The lowest BCUT2D eigenvalue weighted by atomic mass is 9.84. The largest absolute Gasteiger partial charge is 0.478 e. The summed E-state index contributed by atoms with van der Waals surface area (Å²) in [5.41, 5.74) is 0.232. The third-order valence-electron chi connectivity index (χ3n) is 4.83. The number of hydrogen-bond acceptors (Lipinski definition) is 3. The lowest BCUT2D eigenvalue weighted by Gasteiger charge is -2.31. The predicted molar refractivity (Wildman–Crippen MR) is 72.7 cm³/mol. The maximum absolute atomic E-state index is 12.3. The van der Waals surface area contributed by atoms with E-state index in [-0.39, 0.29) is 22.6 Å². The summed E-state index contributed by atoms with van der Waals surface area (Å²) < 4.78 is 5.62. The number of fused-ring (bicyclic) bond motifs is 2. The molecule has 0 aromatic heterocycles. The van der Waals surface area contributed by atoms with E-state index >= 15 is 0 Å². The Bertz CT molecular complexity index is 565. The zero-order valence-electron chi connectivity index (χ0n) is 11.5. The van der Waals surface area contributed by atoms with Gasteiger partial charge in [-0.25, -0.2) is 9.59 Å². The van der Waals surface area contributed by atoms with Crippen LogP contribution in [0, 0.1) is 11.3 Å². The molecular weight excluding hydrogens is 256 g/mol. The Balaban J connectivity index is 1.79. The molecule has 0 heterocycles. The summed E-state index contributed by atoms with van der Waals surface area (Å²) >= 11 is 0. The molecule has 1 aromatic carbocycles. The highest BCUT2D eigenvalue weighted by atomic mass is 16.5. The smallest absolute Gasteiger partial charge is 0.339 e. The normalized spacial score (nSPS) is 31.2. The predicted octanol–water partition coefficient (Wildman–Crippen LogP) is 3.12. The van der Waals surface area contributed by atoms with Crippen LogP contribution in [0.3, 0.4) is 0 Å². The fraction of sp³-hybridized carbons (Fsp3) is 0.500. The number of hydrogen-bond donors (Lipinski definition) is 1. The maximum Gasteiger partial charge on any atom is 0.339 e. The number of esters is 1. The fourth-order valence-electron chi connectivity index (χ4n) is 3.71. The van der Waals surface area contributed by atoms with Crippen LogP contribution in [0.1, 0.15) is 53.3 Å². The maximum atomic E-state index is 12.3. The highest BCUT2D eigenvalue weighted by Gasteiger charge is 2.50. The van der Waals surface area contributed by atoms with Gasteiger partial charge in [0, 0.05) is 5.41 Å². The Kier molecular flexibility index (Phi) is 3.04. The van der Waals surface area contributed by atoms with E-state index in [1.807, 2.05) is 0 Å². The van der Waals surface area contributed by atoms with Crippen LogP contribution in [0.15, 0.2) is 24.3 Å². The Morgan fingerprint density at radius 3 is 2.55 bits per heavy atom. The van der Waals surface area contributed by atoms with Gasteiger partial charge in [-0.3, -0.25) is 0 Å². The fourth-order valence-corrected chi connectivity index (χ4v) is 3.71. The van der Waals surface area contributed by atoms with Crippen molar-refractivity contribution in [2.45, 2.75) is 38.7 Å². The number of aromatic carboxylic acids is 1. The topological polar surface area (TPSA) is 63.6 Å². The molecule has 0 aliphatic heterocycles. The molecule has 2 aliphatic rings. The van der Waals surface area contributed by atoms with E-state index in [0.717, 1.165) is 19.3 Å². The molecule has 4 nitrogen and oxygen atoms in total. The van der Waals surface area contributed by atoms with Gasteiger partial charge in [-0.1, -0.05) is 19.1 Å². The van der Waals surface area contributed by atoms with E-state index in [2.05, 4.69) is 6.92 Å². The minimum atomic E-state index is -1.10. The molecule has 2 bridgehead atoms. The van der Waals surface area contributed by atoms with E-state index < -0.39 is 11.9 Å². The van der Waals surface area contributed by atoms with Gasteiger partial charge in [0.1, 0.15) is 6.10 Å². The third kappa shape index (κ3) is 2.09. The van der Waals surface area contributed by atoms with Crippen molar-refractivity contribution in [3.05, 3.63) is 35.4 Å². The third-order valence-corrected chi connectivity index (χ3v) is 4.83. The second kappa shape index (κ2) is 4.62. The number of benzene rings is 1. The molecule has 2 saturated carbocycles. The molecule has 0 radical (unpaired) electrons. The molecule has 0 spiro atoms. The van der Waals surface area contributed by atoms with Gasteiger partial charge in [0.25, 0.3) is 0 Å². The van der Waals surface area contributed by atoms with Crippen LogP contribution < -0.4 is 0 Å². The van der Waals surface area contributed by atoms with Crippen molar-refractivity contribution in [3.8, 4) is 0 Å². The van der Waals surface area contributed by atoms with Gasteiger partial charge in [-0.2, -0.15) is 0 Å². The highest BCUT2D eigenvalue weighted by Crippen LogP contribution is 2.55. The first kappa shape index (κ1) is 13.2. The summed E-state index contributed by atoms with van der Waals surface area (Å²) in [5, 5.41) is 9.12. The van der Waals surface area contributed by atoms with Gasteiger partial charge in [0.15, 0.2) is 0 Å². The number of carbonyl (C=O) groups excluding carboxylic acids is 1. The molecule has 0 amide bonds. The quantitative estimate of drug-likeness (QED) is 0.860. The summed E-state index contributed by atoms with van der Waals surface area (Å²) in [6.07, 6.45) is 4.27. The van der Waals surface area contributed by atoms with E-state index in [0.29, 0.717) is 5.92 Å². The first-order valence-electron chi connectivity index (χ1n) is 7.03. The van der Waals surface area contributed by atoms with Crippen molar-refractivity contribution in [2.75, 3.05) is 0 Å². The van der Waals surface area contributed by atoms with Crippen molar-refractivity contribution in [3.63, 3.8) is 0 Å². The molecular formula is C16H18O4. The molecule has 106 valence electrons. The summed E-state index contributed by atoms with van der Waals surface area (Å²) in [7, 11) is 0. The van der Waals surface area contributed by atoms with Crippen LogP contribution in [-0.2, 0) is 4.74 Å². The number of carbonyl (C=O) groups is 2. The first-order valence-corrected chi connectivity index (χ1v) is 7.03. The number of ether oxygens (including phenoxy) is 1. The minimum absolute atomic E-state index is 0.00538. The summed E-state index contributed by atoms with van der Waals surface area (Å²) in [5.74, 6) is -0.953. The van der Waals surface area contributed by atoms with Gasteiger partial charge >= 0.3 is 11.9 Å². The average molecular weight is 274 g/mol. The number of carboxylic acids is 1. The molecule has 20 heavy (non-hydrogen) atoms. The molecule has 1 N–H and O–H groups in total. The zero-order chi connectivity index (χ0) is 14.3. The van der Waals surface area contributed by atoms with Crippen molar-refractivity contribution in [1.29, 1.82) is 0 Å². The average Bonchev–Trinajstić information content (AvgIpc) is 2.94. The standard InChI is InChI=1S/C16H18O4/c1-16-7-6-10(9-16)8-13(16)20-15(19)12-5-3-2-4-11(12)14(17)18/h2-5,10,13H,6-9H2,1H3,(H,17,18). The Hall–Kier alpha value is -1.84. The van der Waals surface area contributed by atoms with Crippen molar-refractivity contribution < 1.29 is 19.4 Å². The van der Waals surface area contributed by atoms with Gasteiger partial charge in [0.05, 0.1) is 11.1 Å². The van der Waals surface area contributed by atoms with E-state index in [4.69, 9.17) is 9.84 Å². The molecule has 2 aliphatic carbocycles. The Labute approximate surface area is 117 Å². The molecule has 3 rings (SSSR count). The highest BCUT2D eigenvalue weighted by molar-refractivity contribution is 6.02. The van der Waals surface area contributed by atoms with Crippen LogP contribution in [0.25, 0.3) is 0 Å². The van der Waals surface area contributed by atoms with Gasteiger partial charge in [-0.15, -0.1) is 0 Å². The van der Waals surface area contributed by atoms with Crippen LogP contribution in [0.4, 0.5) is 0 Å². The van der Waals surface area contributed by atoms with E-state index in [1.54, 1.807) is 12.1 Å². The first-order chi connectivity index (χ1) is 9.49. The second-order valence-corrected chi connectivity index (χ2v) is 6.24. The van der Waals surface area contributed by atoms with Crippen molar-refractivity contribution in [1.82, 2.24) is 0 Å². The van der Waals surface area contributed by atoms with Crippen LogP contribution in [-0.4, -0.2) is 23.1 Å². The summed E-state index contributed by atoms with van der Waals surface area (Å²) in [6.45, 7) is 2.17. The molecule has 2 fully saturated rings. The zero-order valence-corrected chi connectivity index (χ0v) is 11.5. The molecule has 3 atom stereocenters. The Morgan fingerprint density at radius 1 is 1.30 bits per heavy atom. The van der Waals surface area contributed by atoms with Crippen molar-refractivity contribution in [2.24, 2.45) is 11.3 Å². The second-order valence-electron chi connectivity index (χ2n) is 6.24. The van der Waals surface area contributed by atoms with E-state index in [1.165, 1.54) is 18.6 Å². The van der Waals surface area contributed by atoms with Crippen LogP contribution >= 0.6 is 0 Å². The van der Waals surface area contributed by atoms with E-state index in [9.17, 15) is 9.59 Å². The molecule has 3 unspecified atom stereocenters. The Morgan fingerprint density at radius 2 is 2.00 bits per heavy atom. The SMILES string of the molecule is CC12CCC(CC1OC(=O)c1ccccc1C(=O)O)C2. The summed E-state index contributed by atoms with van der Waals surface area (Å²) in [4.78, 5) is 23.4. The lowest BCUT2D eigenvalue weighted by Crippen LogP contribution is -2.32. The van der Waals surface area contributed by atoms with Gasteiger partial charge < -0.3 is 9.84 Å². The molecule has 1 aromatic rings. The summed E-state index contributed by atoms with van der Waals surface area (Å²) in [6, 6.07) is 6.22. The number of rotatable bonds is 3. The molecule has 4 heteroatoms. The number of carboxylic acid groups (broad SMARTS) is 1. The van der Waals surface area contributed by atoms with Crippen LogP contribution in [0.5, 0.6) is 0 Å². The van der Waals surface area contributed by atoms with Gasteiger partial charge in [0.2, 0.25) is 0 Å². The van der Waals surface area contributed by atoms with Gasteiger partial charge in [-0.05, 0) is 43.7 Å². The van der Waals surface area contributed by atoms with Crippen molar-refractivity contribution >= 4 is 11.9 Å². The lowest BCUT2D eigenvalue weighted by molar-refractivity contribution is -0.00651. The minimum Gasteiger partial charge on any atom is -0.478 e. The molecule has 0 saturated heterocycles.